The van der Waals surface area contributed by atoms with E-state index in [9.17, 15) is 4.79 Å². The number of pyridine rings is 1. The van der Waals surface area contributed by atoms with Crippen molar-refractivity contribution in [1.29, 1.82) is 0 Å². The highest BCUT2D eigenvalue weighted by molar-refractivity contribution is 9.10. The average molecular weight is 297 g/mol. The number of rotatable bonds is 3. The molecule has 0 bridgehead atoms. The lowest BCUT2D eigenvalue weighted by molar-refractivity contribution is 0.0786. The van der Waals surface area contributed by atoms with Crippen LogP contribution in [0, 0.1) is 5.92 Å². The minimum absolute atomic E-state index is 0.114. The summed E-state index contributed by atoms with van der Waals surface area (Å²) in [5, 5.41) is 0. The molecule has 17 heavy (non-hydrogen) atoms. The highest BCUT2D eigenvalue weighted by Crippen LogP contribution is 2.22. The van der Waals surface area contributed by atoms with Crippen LogP contribution in [-0.4, -0.2) is 28.9 Å². The lowest BCUT2D eigenvalue weighted by atomic mass is 10.0. The van der Waals surface area contributed by atoms with E-state index in [1.165, 1.54) is 12.8 Å². The van der Waals surface area contributed by atoms with Crippen molar-refractivity contribution in [3.05, 3.63) is 28.5 Å². The molecule has 3 nitrogen and oxygen atoms in total. The molecule has 0 aliphatic carbocycles. The Bertz CT molecular complexity index is 391. The van der Waals surface area contributed by atoms with E-state index in [0.717, 1.165) is 24.1 Å². The Kier molecular flexibility index (Phi) is 4.15. The molecule has 0 spiro atoms. The second-order valence-electron chi connectivity index (χ2n) is 4.56. The van der Waals surface area contributed by atoms with Gasteiger partial charge in [-0.25, -0.2) is 4.98 Å². The molecular formula is C13H17BrN2O. The lowest BCUT2D eigenvalue weighted by Gasteiger charge is -2.16. The zero-order valence-corrected chi connectivity index (χ0v) is 11.6. The monoisotopic (exact) mass is 296 g/mol. The number of hydrogen-bond donors (Lipinski definition) is 0. The predicted octanol–water partition coefficient (Wildman–Crippen LogP) is 3.11. The van der Waals surface area contributed by atoms with E-state index in [-0.39, 0.29) is 5.91 Å². The smallest absolute Gasteiger partial charge is 0.255 e. The standard InChI is InChI=1S/C13H17BrN2O/c1-2-3-10-6-7-16(9-10)13(17)11-4-5-12(14)15-8-11/h4-5,8,10H,2-3,6-7,9H2,1H3. The van der Waals surface area contributed by atoms with Crippen molar-refractivity contribution in [1.82, 2.24) is 9.88 Å². The highest BCUT2D eigenvalue weighted by atomic mass is 79.9. The van der Waals surface area contributed by atoms with Crippen molar-refractivity contribution in [3.8, 4) is 0 Å². The Balaban J connectivity index is 1.99. The van der Waals surface area contributed by atoms with Gasteiger partial charge in [-0.15, -0.1) is 0 Å². The van der Waals surface area contributed by atoms with Gasteiger partial charge in [0.2, 0.25) is 0 Å². The van der Waals surface area contributed by atoms with E-state index < -0.39 is 0 Å². The fourth-order valence-electron chi connectivity index (χ4n) is 2.35. The summed E-state index contributed by atoms with van der Waals surface area (Å²) in [4.78, 5) is 18.2. The molecule has 0 N–H and O–H groups in total. The minimum atomic E-state index is 0.114. The zero-order chi connectivity index (χ0) is 12.3. The molecular weight excluding hydrogens is 280 g/mol. The Labute approximate surface area is 110 Å². The Morgan fingerprint density at radius 3 is 3.06 bits per heavy atom. The van der Waals surface area contributed by atoms with Gasteiger partial charge >= 0.3 is 0 Å². The van der Waals surface area contributed by atoms with E-state index >= 15 is 0 Å². The van der Waals surface area contributed by atoms with Crippen LogP contribution in [0.3, 0.4) is 0 Å². The topological polar surface area (TPSA) is 33.2 Å². The molecule has 0 aromatic carbocycles. The largest absolute Gasteiger partial charge is 0.338 e. The number of amides is 1. The van der Waals surface area contributed by atoms with Crippen LogP contribution in [0.25, 0.3) is 0 Å². The maximum atomic E-state index is 12.2. The molecule has 1 saturated heterocycles. The first-order chi connectivity index (χ1) is 8.20. The third-order valence-electron chi connectivity index (χ3n) is 3.24. The fourth-order valence-corrected chi connectivity index (χ4v) is 2.58. The summed E-state index contributed by atoms with van der Waals surface area (Å²) < 4.78 is 0.763. The van der Waals surface area contributed by atoms with Gasteiger partial charge in [0.25, 0.3) is 5.91 Å². The molecule has 1 aliphatic heterocycles. The molecule has 1 aliphatic rings. The van der Waals surface area contributed by atoms with Crippen molar-refractivity contribution >= 4 is 21.8 Å². The molecule has 1 fully saturated rings. The van der Waals surface area contributed by atoms with E-state index in [0.29, 0.717) is 11.5 Å². The van der Waals surface area contributed by atoms with Gasteiger partial charge < -0.3 is 4.90 Å². The SMILES string of the molecule is CCCC1CCN(C(=O)c2ccc(Br)nc2)C1. The Morgan fingerprint density at radius 2 is 2.41 bits per heavy atom. The number of carbonyl (C=O) groups is 1. The van der Waals surface area contributed by atoms with E-state index in [2.05, 4.69) is 27.8 Å². The molecule has 0 saturated carbocycles. The lowest BCUT2D eigenvalue weighted by Crippen LogP contribution is -2.28. The van der Waals surface area contributed by atoms with E-state index in [4.69, 9.17) is 0 Å². The second kappa shape index (κ2) is 5.63. The van der Waals surface area contributed by atoms with Crippen molar-refractivity contribution in [3.63, 3.8) is 0 Å². The Morgan fingerprint density at radius 1 is 1.59 bits per heavy atom. The summed E-state index contributed by atoms with van der Waals surface area (Å²) in [6, 6.07) is 3.64. The summed E-state index contributed by atoms with van der Waals surface area (Å²) in [6.07, 6.45) is 5.21. The van der Waals surface area contributed by atoms with Crippen LogP contribution in [0.2, 0.25) is 0 Å². The van der Waals surface area contributed by atoms with Crippen LogP contribution in [-0.2, 0) is 0 Å². The minimum Gasteiger partial charge on any atom is -0.338 e. The number of nitrogens with zero attached hydrogens (tertiary/aromatic N) is 2. The first-order valence-electron chi connectivity index (χ1n) is 6.11. The first-order valence-corrected chi connectivity index (χ1v) is 6.91. The molecule has 0 radical (unpaired) electrons. The Hall–Kier alpha value is -0.900. The molecule has 1 aromatic heterocycles. The van der Waals surface area contributed by atoms with Crippen LogP contribution in [0.4, 0.5) is 0 Å². The summed E-state index contributed by atoms with van der Waals surface area (Å²) in [5.74, 6) is 0.802. The zero-order valence-electron chi connectivity index (χ0n) is 10.0. The quantitative estimate of drug-likeness (QED) is 0.803. The number of aromatic nitrogens is 1. The van der Waals surface area contributed by atoms with Gasteiger partial charge in [0.15, 0.2) is 0 Å². The highest BCUT2D eigenvalue weighted by Gasteiger charge is 2.26. The third kappa shape index (κ3) is 3.06. The molecule has 1 atom stereocenters. The second-order valence-corrected chi connectivity index (χ2v) is 5.38. The summed E-state index contributed by atoms with van der Waals surface area (Å²) in [5.41, 5.74) is 0.686. The van der Waals surface area contributed by atoms with Gasteiger partial charge in [-0.3, -0.25) is 4.79 Å². The van der Waals surface area contributed by atoms with Gasteiger partial charge in [0.05, 0.1) is 5.56 Å². The fraction of sp³-hybridized carbons (Fsp3) is 0.538. The van der Waals surface area contributed by atoms with E-state index in [1.54, 1.807) is 6.20 Å². The molecule has 1 amide bonds. The van der Waals surface area contributed by atoms with Crippen LogP contribution < -0.4 is 0 Å². The summed E-state index contributed by atoms with van der Waals surface area (Å²) >= 11 is 3.27. The van der Waals surface area contributed by atoms with Crippen molar-refractivity contribution in [2.45, 2.75) is 26.2 Å². The van der Waals surface area contributed by atoms with Gasteiger partial charge in [0, 0.05) is 19.3 Å². The molecule has 2 heterocycles. The predicted molar refractivity (Wildman–Crippen MR) is 70.9 cm³/mol. The van der Waals surface area contributed by atoms with Crippen LogP contribution in [0.15, 0.2) is 22.9 Å². The molecule has 2 rings (SSSR count). The van der Waals surface area contributed by atoms with Gasteiger partial charge in [-0.1, -0.05) is 13.3 Å². The normalized spacial score (nSPS) is 19.6. The van der Waals surface area contributed by atoms with Crippen LogP contribution >= 0.6 is 15.9 Å². The average Bonchev–Trinajstić information content (AvgIpc) is 2.78. The summed E-state index contributed by atoms with van der Waals surface area (Å²) in [6.45, 7) is 3.99. The molecule has 1 unspecified atom stereocenters. The number of carbonyl (C=O) groups excluding carboxylic acids is 1. The third-order valence-corrected chi connectivity index (χ3v) is 3.71. The molecule has 1 aromatic rings. The maximum absolute atomic E-state index is 12.2. The number of likely N-dealkylation sites (tertiary alicyclic amines) is 1. The first kappa shape index (κ1) is 12.6. The van der Waals surface area contributed by atoms with Crippen molar-refractivity contribution in [2.75, 3.05) is 13.1 Å². The summed E-state index contributed by atoms with van der Waals surface area (Å²) in [7, 11) is 0. The molecule has 92 valence electrons. The van der Waals surface area contributed by atoms with Gasteiger partial charge in [-0.05, 0) is 46.8 Å². The van der Waals surface area contributed by atoms with Crippen LogP contribution in [0.1, 0.15) is 36.5 Å². The van der Waals surface area contributed by atoms with Crippen LogP contribution in [0.5, 0.6) is 0 Å². The van der Waals surface area contributed by atoms with Gasteiger partial charge in [-0.2, -0.15) is 0 Å². The maximum Gasteiger partial charge on any atom is 0.255 e. The number of hydrogen-bond acceptors (Lipinski definition) is 2. The van der Waals surface area contributed by atoms with Crippen molar-refractivity contribution < 1.29 is 4.79 Å². The molecule has 4 heteroatoms. The van der Waals surface area contributed by atoms with Crippen molar-refractivity contribution in [2.24, 2.45) is 5.92 Å². The number of halogens is 1. The van der Waals surface area contributed by atoms with Gasteiger partial charge in [0.1, 0.15) is 4.60 Å². The van der Waals surface area contributed by atoms with E-state index in [1.807, 2.05) is 17.0 Å².